The molecule has 3 N–H and O–H groups in total. The smallest absolute Gasteiger partial charge is 0.337 e. The van der Waals surface area contributed by atoms with E-state index in [1.807, 2.05) is 0 Å². The first kappa shape index (κ1) is 13.1. The van der Waals surface area contributed by atoms with Gasteiger partial charge in [0.1, 0.15) is 0 Å². The molecule has 0 aliphatic carbocycles. The van der Waals surface area contributed by atoms with E-state index in [-0.39, 0.29) is 0 Å². The van der Waals surface area contributed by atoms with Crippen LogP contribution < -0.4 is 11.1 Å². The van der Waals surface area contributed by atoms with Crippen LogP contribution in [0.1, 0.15) is 13.3 Å². The summed E-state index contributed by atoms with van der Waals surface area (Å²) in [6.45, 7) is 3.61. The molecule has 0 radical (unpaired) electrons. The highest BCUT2D eigenvalue weighted by molar-refractivity contribution is 6.67. The van der Waals surface area contributed by atoms with Crippen LogP contribution in [0.5, 0.6) is 0 Å². The molecule has 0 bridgehead atoms. The standard InChI is InChI=1S/C8H22N2O2Si/c1-4-13(11-2,12-3)7-5-6-10-8-9/h10H,4-9H2,1-3H3. The van der Waals surface area contributed by atoms with Crippen molar-refractivity contribution in [3.8, 4) is 0 Å². The molecular weight excluding hydrogens is 184 g/mol. The van der Waals surface area contributed by atoms with Crippen molar-refractivity contribution < 1.29 is 8.85 Å². The molecule has 13 heavy (non-hydrogen) atoms. The van der Waals surface area contributed by atoms with Crippen molar-refractivity contribution in [2.45, 2.75) is 25.4 Å². The first-order chi connectivity index (χ1) is 6.24. The maximum atomic E-state index is 5.47. The van der Waals surface area contributed by atoms with Crippen molar-refractivity contribution in [3.05, 3.63) is 0 Å². The summed E-state index contributed by atoms with van der Waals surface area (Å²) in [5.74, 6) is 0. The molecular formula is C8H22N2O2Si. The van der Waals surface area contributed by atoms with Gasteiger partial charge in [0.25, 0.3) is 0 Å². The molecule has 0 atom stereocenters. The van der Waals surface area contributed by atoms with Crippen LogP contribution in [0, 0.1) is 0 Å². The van der Waals surface area contributed by atoms with Gasteiger partial charge in [-0.15, -0.1) is 0 Å². The third-order valence-corrected chi connectivity index (χ3v) is 6.02. The number of rotatable bonds is 8. The predicted molar refractivity (Wildman–Crippen MR) is 56.7 cm³/mol. The number of nitrogens with one attached hydrogen (secondary N) is 1. The quantitative estimate of drug-likeness (QED) is 0.348. The van der Waals surface area contributed by atoms with Gasteiger partial charge in [-0.3, -0.25) is 0 Å². The Hall–Kier alpha value is 0.0569. The maximum absolute atomic E-state index is 5.47. The Morgan fingerprint density at radius 3 is 2.31 bits per heavy atom. The Labute approximate surface area is 82.0 Å². The van der Waals surface area contributed by atoms with Gasteiger partial charge in [0.05, 0.1) is 0 Å². The molecule has 0 aliphatic heterocycles. The van der Waals surface area contributed by atoms with Crippen molar-refractivity contribution >= 4 is 8.56 Å². The van der Waals surface area contributed by atoms with Crippen LogP contribution in [0.25, 0.3) is 0 Å². The van der Waals surface area contributed by atoms with Gasteiger partial charge in [-0.2, -0.15) is 0 Å². The molecule has 0 fully saturated rings. The summed E-state index contributed by atoms with van der Waals surface area (Å²) in [4.78, 5) is 0. The van der Waals surface area contributed by atoms with Crippen LogP contribution in [-0.2, 0) is 8.85 Å². The zero-order valence-corrected chi connectivity index (χ0v) is 9.93. The van der Waals surface area contributed by atoms with Gasteiger partial charge in [0.15, 0.2) is 0 Å². The third-order valence-electron chi connectivity index (χ3n) is 2.34. The second-order valence-corrected chi connectivity index (χ2v) is 6.83. The molecule has 0 amide bonds. The zero-order valence-electron chi connectivity index (χ0n) is 8.93. The Morgan fingerprint density at radius 2 is 1.92 bits per heavy atom. The number of hydrogen-bond donors (Lipinski definition) is 2. The van der Waals surface area contributed by atoms with E-state index in [0.717, 1.165) is 25.1 Å². The normalized spacial score (nSPS) is 12.0. The van der Waals surface area contributed by atoms with E-state index in [2.05, 4.69) is 12.2 Å². The lowest BCUT2D eigenvalue weighted by Crippen LogP contribution is -2.39. The fourth-order valence-corrected chi connectivity index (χ4v) is 3.56. The Morgan fingerprint density at radius 1 is 1.31 bits per heavy atom. The van der Waals surface area contributed by atoms with Crippen molar-refractivity contribution in [1.82, 2.24) is 5.32 Å². The molecule has 0 rings (SSSR count). The Kier molecular flexibility index (Phi) is 7.49. The Balaban J connectivity index is 3.68. The molecule has 0 unspecified atom stereocenters. The van der Waals surface area contributed by atoms with Crippen LogP contribution in [0.3, 0.4) is 0 Å². The highest BCUT2D eigenvalue weighted by Crippen LogP contribution is 2.18. The molecule has 0 aromatic carbocycles. The highest BCUT2D eigenvalue weighted by atomic mass is 28.4. The van der Waals surface area contributed by atoms with E-state index in [1.165, 1.54) is 0 Å². The van der Waals surface area contributed by atoms with Gasteiger partial charge < -0.3 is 19.9 Å². The molecule has 0 aromatic heterocycles. The molecule has 0 aliphatic rings. The van der Waals surface area contributed by atoms with E-state index >= 15 is 0 Å². The van der Waals surface area contributed by atoms with Crippen LogP contribution in [-0.4, -0.2) is 36.0 Å². The van der Waals surface area contributed by atoms with Crippen LogP contribution in [0.4, 0.5) is 0 Å². The lowest BCUT2D eigenvalue weighted by Gasteiger charge is -2.25. The van der Waals surface area contributed by atoms with Crippen LogP contribution in [0.15, 0.2) is 0 Å². The first-order valence-electron chi connectivity index (χ1n) is 4.75. The van der Waals surface area contributed by atoms with Gasteiger partial charge in [-0.25, -0.2) is 0 Å². The van der Waals surface area contributed by atoms with Gasteiger partial charge in [-0.1, -0.05) is 6.92 Å². The summed E-state index contributed by atoms with van der Waals surface area (Å²) >= 11 is 0. The third kappa shape index (κ3) is 4.73. The van der Waals surface area contributed by atoms with E-state index < -0.39 is 8.56 Å². The molecule has 0 heterocycles. The molecule has 80 valence electrons. The van der Waals surface area contributed by atoms with Crippen LogP contribution in [0.2, 0.25) is 12.1 Å². The fourth-order valence-electron chi connectivity index (χ4n) is 1.34. The average Bonchev–Trinajstić information content (AvgIpc) is 2.20. The van der Waals surface area contributed by atoms with Gasteiger partial charge in [-0.05, 0) is 25.1 Å². The summed E-state index contributed by atoms with van der Waals surface area (Å²) < 4.78 is 10.9. The largest absolute Gasteiger partial charge is 0.398 e. The highest BCUT2D eigenvalue weighted by Gasteiger charge is 2.32. The summed E-state index contributed by atoms with van der Waals surface area (Å²) in [5, 5.41) is 3.08. The molecule has 0 saturated carbocycles. The van der Waals surface area contributed by atoms with Crippen LogP contribution >= 0.6 is 0 Å². The minimum atomic E-state index is -1.85. The van der Waals surface area contributed by atoms with Crippen molar-refractivity contribution in [1.29, 1.82) is 0 Å². The monoisotopic (exact) mass is 206 g/mol. The van der Waals surface area contributed by atoms with Crippen molar-refractivity contribution in [2.75, 3.05) is 27.4 Å². The van der Waals surface area contributed by atoms with Gasteiger partial charge in [0.2, 0.25) is 0 Å². The topological polar surface area (TPSA) is 56.5 Å². The SMILES string of the molecule is CC[Si](CCCNCN)(OC)OC. The summed E-state index contributed by atoms with van der Waals surface area (Å²) in [7, 11) is 1.64. The lowest BCUT2D eigenvalue weighted by molar-refractivity contribution is 0.241. The molecule has 0 spiro atoms. The van der Waals surface area contributed by atoms with E-state index in [0.29, 0.717) is 6.67 Å². The average molecular weight is 206 g/mol. The lowest BCUT2D eigenvalue weighted by atomic mass is 10.5. The van der Waals surface area contributed by atoms with E-state index in [9.17, 15) is 0 Å². The number of hydrogen-bond acceptors (Lipinski definition) is 4. The van der Waals surface area contributed by atoms with E-state index in [4.69, 9.17) is 14.6 Å². The predicted octanol–water partition coefficient (Wildman–Crippen LogP) is 0.637. The summed E-state index contributed by atoms with van der Waals surface area (Å²) in [5.41, 5.74) is 5.31. The zero-order chi connectivity index (χ0) is 10.2. The Bertz CT molecular complexity index is 112. The van der Waals surface area contributed by atoms with Gasteiger partial charge >= 0.3 is 8.56 Å². The van der Waals surface area contributed by atoms with Crippen molar-refractivity contribution in [2.24, 2.45) is 5.73 Å². The molecule has 4 nitrogen and oxygen atoms in total. The first-order valence-corrected chi connectivity index (χ1v) is 6.99. The van der Waals surface area contributed by atoms with Gasteiger partial charge in [0, 0.05) is 20.9 Å². The maximum Gasteiger partial charge on any atom is 0.337 e. The summed E-state index contributed by atoms with van der Waals surface area (Å²) in [6, 6.07) is 2.03. The second kappa shape index (κ2) is 7.46. The van der Waals surface area contributed by atoms with E-state index in [1.54, 1.807) is 14.2 Å². The molecule has 0 saturated heterocycles. The van der Waals surface area contributed by atoms with Crippen molar-refractivity contribution in [3.63, 3.8) is 0 Å². The minimum Gasteiger partial charge on any atom is -0.398 e. The summed E-state index contributed by atoms with van der Waals surface area (Å²) in [6.07, 6.45) is 1.07. The number of nitrogens with two attached hydrogens (primary N) is 1. The fraction of sp³-hybridized carbons (Fsp3) is 1.00. The minimum absolute atomic E-state index is 0.542. The molecule has 0 aromatic rings. The second-order valence-electron chi connectivity index (χ2n) is 2.98. The molecule has 5 heteroatoms.